The van der Waals surface area contributed by atoms with E-state index in [1.807, 2.05) is 29.1 Å². The summed E-state index contributed by atoms with van der Waals surface area (Å²) in [7, 11) is 0. The molecule has 3 rings (SSSR count). The second kappa shape index (κ2) is 5.80. The Kier molecular flexibility index (Phi) is 3.88. The molecule has 1 aliphatic rings. The van der Waals surface area contributed by atoms with E-state index in [1.165, 1.54) is 25.7 Å². The quantitative estimate of drug-likeness (QED) is 0.923. The first-order chi connectivity index (χ1) is 9.74. The average molecular weight is 269 g/mol. The summed E-state index contributed by atoms with van der Waals surface area (Å²) in [4.78, 5) is 0. The third kappa shape index (κ3) is 2.78. The molecule has 1 aromatic carbocycles. The molecule has 0 radical (unpaired) electrons. The third-order valence-electron chi connectivity index (χ3n) is 4.46. The number of benzene rings is 1. The van der Waals surface area contributed by atoms with Gasteiger partial charge in [0.25, 0.3) is 0 Å². The van der Waals surface area contributed by atoms with Crippen molar-refractivity contribution in [1.82, 2.24) is 9.78 Å². The number of hydrogen-bond acceptors (Lipinski definition) is 2. The number of aromatic nitrogens is 2. The third-order valence-corrected chi connectivity index (χ3v) is 4.46. The van der Waals surface area contributed by atoms with Crippen molar-refractivity contribution in [3.05, 3.63) is 48.3 Å². The monoisotopic (exact) mass is 269 g/mol. The van der Waals surface area contributed by atoms with E-state index in [0.717, 1.165) is 17.3 Å². The molecule has 3 nitrogen and oxygen atoms in total. The van der Waals surface area contributed by atoms with Crippen LogP contribution in [0.25, 0.3) is 5.69 Å². The summed E-state index contributed by atoms with van der Waals surface area (Å²) >= 11 is 0. The molecule has 0 bridgehead atoms. The minimum absolute atomic E-state index is 0.0720. The number of hydrogen-bond donors (Lipinski definition) is 1. The van der Waals surface area contributed by atoms with Crippen molar-refractivity contribution < 1.29 is 0 Å². The first-order valence-corrected chi connectivity index (χ1v) is 7.60. The van der Waals surface area contributed by atoms with E-state index >= 15 is 0 Å². The molecule has 1 saturated carbocycles. The van der Waals surface area contributed by atoms with Crippen LogP contribution < -0.4 is 5.73 Å². The summed E-state index contributed by atoms with van der Waals surface area (Å²) in [5.74, 6) is 1.38. The highest BCUT2D eigenvalue weighted by Crippen LogP contribution is 2.35. The maximum atomic E-state index is 6.45. The van der Waals surface area contributed by atoms with Crippen LogP contribution in [0.15, 0.2) is 42.6 Å². The van der Waals surface area contributed by atoms with Crippen LogP contribution in [0.5, 0.6) is 0 Å². The number of rotatable bonds is 3. The van der Waals surface area contributed by atoms with E-state index in [-0.39, 0.29) is 6.04 Å². The summed E-state index contributed by atoms with van der Waals surface area (Å²) in [6.45, 7) is 2.33. The summed E-state index contributed by atoms with van der Waals surface area (Å²) in [6.07, 6.45) is 7.14. The Morgan fingerprint density at radius 3 is 2.75 bits per heavy atom. The molecular formula is C17H23N3. The second-order valence-corrected chi connectivity index (χ2v) is 6.08. The summed E-state index contributed by atoms with van der Waals surface area (Å²) in [5.41, 5.74) is 8.55. The topological polar surface area (TPSA) is 43.8 Å². The number of para-hydroxylation sites is 1. The molecule has 2 aromatic rings. The van der Waals surface area contributed by atoms with Crippen LogP contribution in [0.2, 0.25) is 0 Å². The highest BCUT2D eigenvalue weighted by Gasteiger charge is 2.26. The molecule has 1 heterocycles. The summed E-state index contributed by atoms with van der Waals surface area (Å²) < 4.78 is 1.92. The average Bonchev–Trinajstić information content (AvgIpc) is 2.97. The van der Waals surface area contributed by atoms with Gasteiger partial charge in [-0.3, -0.25) is 0 Å². The standard InChI is InChI=1S/C17H23N3/c1-13-6-5-7-14(12-13)17(18)16-10-11-20(19-16)15-8-3-2-4-9-15/h2-4,8-11,13-14,17H,5-7,12,18H2,1H3. The zero-order chi connectivity index (χ0) is 13.9. The molecule has 1 aromatic heterocycles. The van der Waals surface area contributed by atoms with Crippen LogP contribution in [0.1, 0.15) is 44.3 Å². The lowest BCUT2D eigenvalue weighted by atomic mass is 9.78. The number of nitrogens with two attached hydrogens (primary N) is 1. The lowest BCUT2D eigenvalue weighted by molar-refractivity contribution is 0.245. The Labute approximate surface area is 120 Å². The van der Waals surface area contributed by atoms with E-state index in [4.69, 9.17) is 5.73 Å². The molecule has 3 heteroatoms. The lowest BCUT2D eigenvalue weighted by Gasteiger charge is -2.30. The van der Waals surface area contributed by atoms with Gasteiger partial charge in [0.15, 0.2) is 0 Å². The van der Waals surface area contributed by atoms with Crippen molar-refractivity contribution in [2.45, 2.75) is 38.6 Å². The number of nitrogens with zero attached hydrogens (tertiary/aromatic N) is 2. The molecule has 106 valence electrons. The second-order valence-electron chi connectivity index (χ2n) is 6.08. The van der Waals surface area contributed by atoms with Crippen LogP contribution in [0, 0.1) is 11.8 Å². The van der Waals surface area contributed by atoms with Crippen molar-refractivity contribution in [3.63, 3.8) is 0 Å². The van der Waals surface area contributed by atoms with Gasteiger partial charge in [0.1, 0.15) is 0 Å². The zero-order valence-corrected chi connectivity index (χ0v) is 12.1. The van der Waals surface area contributed by atoms with Gasteiger partial charge in [-0.2, -0.15) is 5.10 Å². The van der Waals surface area contributed by atoms with E-state index in [2.05, 4.69) is 30.2 Å². The van der Waals surface area contributed by atoms with Crippen LogP contribution in [-0.4, -0.2) is 9.78 Å². The van der Waals surface area contributed by atoms with Gasteiger partial charge >= 0.3 is 0 Å². The fraction of sp³-hybridized carbons (Fsp3) is 0.471. The predicted octanol–water partition coefficient (Wildman–Crippen LogP) is 3.70. The van der Waals surface area contributed by atoms with Crippen molar-refractivity contribution in [3.8, 4) is 5.69 Å². The van der Waals surface area contributed by atoms with Gasteiger partial charge in [0.2, 0.25) is 0 Å². The van der Waals surface area contributed by atoms with Gasteiger partial charge in [0, 0.05) is 6.20 Å². The van der Waals surface area contributed by atoms with Gasteiger partial charge in [-0.15, -0.1) is 0 Å². The maximum absolute atomic E-state index is 6.45. The lowest BCUT2D eigenvalue weighted by Crippen LogP contribution is -2.26. The Balaban J connectivity index is 1.76. The molecular weight excluding hydrogens is 246 g/mol. The zero-order valence-electron chi connectivity index (χ0n) is 12.1. The molecule has 0 amide bonds. The summed E-state index contributed by atoms with van der Waals surface area (Å²) in [6, 6.07) is 12.3. The highest BCUT2D eigenvalue weighted by atomic mass is 15.3. The van der Waals surface area contributed by atoms with Gasteiger partial charge < -0.3 is 5.73 Å². The first-order valence-electron chi connectivity index (χ1n) is 7.60. The van der Waals surface area contributed by atoms with Gasteiger partial charge in [-0.1, -0.05) is 38.0 Å². The minimum atomic E-state index is 0.0720. The largest absolute Gasteiger partial charge is 0.322 e. The van der Waals surface area contributed by atoms with Crippen molar-refractivity contribution >= 4 is 0 Å². The van der Waals surface area contributed by atoms with E-state index in [1.54, 1.807) is 0 Å². The van der Waals surface area contributed by atoms with Gasteiger partial charge in [-0.25, -0.2) is 4.68 Å². The molecule has 3 unspecified atom stereocenters. The first kappa shape index (κ1) is 13.4. The van der Waals surface area contributed by atoms with Crippen LogP contribution >= 0.6 is 0 Å². The van der Waals surface area contributed by atoms with Crippen molar-refractivity contribution in [1.29, 1.82) is 0 Å². The Hall–Kier alpha value is -1.61. The fourth-order valence-corrected chi connectivity index (χ4v) is 3.29. The van der Waals surface area contributed by atoms with E-state index < -0.39 is 0 Å². The van der Waals surface area contributed by atoms with Crippen molar-refractivity contribution in [2.24, 2.45) is 17.6 Å². The summed E-state index contributed by atoms with van der Waals surface area (Å²) in [5, 5.41) is 4.67. The van der Waals surface area contributed by atoms with Gasteiger partial charge in [0.05, 0.1) is 17.4 Å². The maximum Gasteiger partial charge on any atom is 0.0799 e. The Morgan fingerprint density at radius 2 is 2.00 bits per heavy atom. The molecule has 1 aliphatic carbocycles. The normalized spacial score (nSPS) is 24.5. The SMILES string of the molecule is CC1CCCC(C(N)c2ccn(-c3ccccc3)n2)C1. The Bertz CT molecular complexity index is 546. The van der Waals surface area contributed by atoms with Crippen LogP contribution in [0.4, 0.5) is 0 Å². The Morgan fingerprint density at radius 1 is 1.20 bits per heavy atom. The van der Waals surface area contributed by atoms with Crippen molar-refractivity contribution in [2.75, 3.05) is 0 Å². The van der Waals surface area contributed by atoms with Gasteiger partial charge in [-0.05, 0) is 42.9 Å². The predicted molar refractivity (Wildman–Crippen MR) is 81.6 cm³/mol. The highest BCUT2D eigenvalue weighted by molar-refractivity contribution is 5.30. The van der Waals surface area contributed by atoms with Crippen LogP contribution in [0.3, 0.4) is 0 Å². The van der Waals surface area contributed by atoms with Crippen LogP contribution in [-0.2, 0) is 0 Å². The minimum Gasteiger partial charge on any atom is -0.322 e. The molecule has 2 N–H and O–H groups in total. The van der Waals surface area contributed by atoms with E-state index in [0.29, 0.717) is 5.92 Å². The molecule has 20 heavy (non-hydrogen) atoms. The fourth-order valence-electron chi connectivity index (χ4n) is 3.29. The molecule has 1 fully saturated rings. The molecule has 0 saturated heterocycles. The molecule has 0 spiro atoms. The smallest absolute Gasteiger partial charge is 0.0799 e. The molecule has 3 atom stereocenters. The van der Waals surface area contributed by atoms with E-state index in [9.17, 15) is 0 Å². The molecule has 0 aliphatic heterocycles.